The van der Waals surface area contributed by atoms with Crippen LogP contribution >= 0.6 is 0 Å². The molecule has 0 radical (unpaired) electrons. The minimum Gasteiger partial charge on any atom is -0.334 e. The number of nitro benzene ring substituents is 1. The molecule has 138 valence electrons. The lowest BCUT2D eigenvalue weighted by atomic mass is 9.52. The zero-order chi connectivity index (χ0) is 18.3. The van der Waals surface area contributed by atoms with E-state index in [2.05, 4.69) is 11.8 Å². The second-order valence-corrected chi connectivity index (χ2v) is 8.41. The Hall–Kier alpha value is -2.17. The van der Waals surface area contributed by atoms with Gasteiger partial charge in [-0.05, 0) is 74.8 Å². The standard InChI is InChI=1S/C21H26N2O3/c1-2-22(21-12-16-8-17(13-21)10-18(9-16)14-21)20(24)7-6-15-4-3-5-19(11-15)23(25)26/h3-7,11,16-18H,2,8-10,12-14H2,1H3/b7-6+. The molecule has 5 nitrogen and oxygen atoms in total. The molecule has 0 aliphatic heterocycles. The van der Waals surface area contributed by atoms with Gasteiger partial charge in [-0.15, -0.1) is 0 Å². The van der Waals surface area contributed by atoms with E-state index < -0.39 is 4.92 Å². The Labute approximate surface area is 154 Å². The lowest BCUT2D eigenvalue weighted by Gasteiger charge is -2.60. The predicted octanol–water partition coefficient (Wildman–Crippen LogP) is 4.43. The van der Waals surface area contributed by atoms with Gasteiger partial charge in [-0.25, -0.2) is 0 Å². The van der Waals surface area contributed by atoms with E-state index in [1.807, 2.05) is 0 Å². The molecule has 0 unspecified atom stereocenters. The summed E-state index contributed by atoms with van der Waals surface area (Å²) in [5.41, 5.74) is 0.787. The Bertz CT molecular complexity index is 720. The fourth-order valence-electron chi connectivity index (χ4n) is 6.12. The highest BCUT2D eigenvalue weighted by atomic mass is 16.6. The summed E-state index contributed by atoms with van der Waals surface area (Å²) in [5, 5.41) is 10.9. The Balaban J connectivity index is 1.53. The summed E-state index contributed by atoms with van der Waals surface area (Å²) in [6.07, 6.45) is 10.8. The molecule has 0 atom stereocenters. The quantitative estimate of drug-likeness (QED) is 0.446. The van der Waals surface area contributed by atoms with Crippen LogP contribution in [0.3, 0.4) is 0 Å². The molecule has 4 saturated carbocycles. The van der Waals surface area contributed by atoms with Crippen LogP contribution in [0.2, 0.25) is 0 Å². The maximum atomic E-state index is 13.0. The molecular formula is C21H26N2O3. The first-order chi connectivity index (χ1) is 12.5. The van der Waals surface area contributed by atoms with E-state index in [1.165, 1.54) is 31.4 Å². The number of benzene rings is 1. The molecule has 0 aromatic heterocycles. The normalized spacial score (nSPS) is 32.1. The number of nitro groups is 1. The van der Waals surface area contributed by atoms with Gasteiger partial charge >= 0.3 is 0 Å². The van der Waals surface area contributed by atoms with Gasteiger partial charge in [-0.2, -0.15) is 0 Å². The lowest BCUT2D eigenvalue weighted by molar-refractivity contribution is -0.384. The predicted molar refractivity (Wildman–Crippen MR) is 100 cm³/mol. The van der Waals surface area contributed by atoms with Crippen molar-refractivity contribution in [1.82, 2.24) is 4.90 Å². The molecule has 0 N–H and O–H groups in total. The molecule has 4 aliphatic rings. The molecule has 4 fully saturated rings. The minimum atomic E-state index is -0.410. The van der Waals surface area contributed by atoms with Crippen molar-refractivity contribution in [1.29, 1.82) is 0 Å². The Morgan fingerprint density at radius 1 is 1.23 bits per heavy atom. The van der Waals surface area contributed by atoms with E-state index in [4.69, 9.17) is 0 Å². The van der Waals surface area contributed by atoms with Crippen LogP contribution in [0.4, 0.5) is 5.69 Å². The average molecular weight is 354 g/mol. The summed E-state index contributed by atoms with van der Waals surface area (Å²) < 4.78 is 0. The highest BCUT2D eigenvalue weighted by molar-refractivity contribution is 5.92. The second kappa shape index (κ2) is 6.53. The molecular weight excluding hydrogens is 328 g/mol. The molecule has 4 bridgehead atoms. The van der Waals surface area contributed by atoms with Crippen molar-refractivity contribution < 1.29 is 9.72 Å². The van der Waals surface area contributed by atoms with Crippen LogP contribution in [0, 0.1) is 27.9 Å². The number of hydrogen-bond acceptors (Lipinski definition) is 3. The van der Waals surface area contributed by atoms with E-state index in [0.717, 1.165) is 43.6 Å². The van der Waals surface area contributed by atoms with Crippen LogP contribution in [0.15, 0.2) is 30.3 Å². The topological polar surface area (TPSA) is 63.5 Å². The largest absolute Gasteiger partial charge is 0.334 e. The van der Waals surface area contributed by atoms with Gasteiger partial charge in [0.05, 0.1) is 4.92 Å². The number of nitrogens with zero attached hydrogens (tertiary/aromatic N) is 2. The maximum absolute atomic E-state index is 13.0. The Morgan fingerprint density at radius 2 is 1.85 bits per heavy atom. The van der Waals surface area contributed by atoms with Crippen molar-refractivity contribution in [2.45, 2.75) is 51.0 Å². The van der Waals surface area contributed by atoms with Gasteiger partial charge in [0, 0.05) is 30.3 Å². The fraction of sp³-hybridized carbons (Fsp3) is 0.571. The van der Waals surface area contributed by atoms with Crippen LogP contribution in [0.25, 0.3) is 6.08 Å². The maximum Gasteiger partial charge on any atom is 0.270 e. The smallest absolute Gasteiger partial charge is 0.270 e. The first-order valence-electron chi connectivity index (χ1n) is 9.73. The molecule has 0 spiro atoms. The van der Waals surface area contributed by atoms with Gasteiger partial charge in [0.25, 0.3) is 5.69 Å². The van der Waals surface area contributed by atoms with Gasteiger partial charge in [0.15, 0.2) is 0 Å². The molecule has 4 aliphatic carbocycles. The molecule has 26 heavy (non-hydrogen) atoms. The number of non-ortho nitro benzene ring substituents is 1. The third kappa shape index (κ3) is 3.04. The molecule has 1 amide bonds. The van der Waals surface area contributed by atoms with Crippen molar-refractivity contribution in [3.63, 3.8) is 0 Å². The zero-order valence-corrected chi connectivity index (χ0v) is 15.3. The molecule has 5 rings (SSSR count). The first kappa shape index (κ1) is 17.3. The molecule has 0 heterocycles. The fourth-order valence-corrected chi connectivity index (χ4v) is 6.12. The van der Waals surface area contributed by atoms with E-state index in [0.29, 0.717) is 5.56 Å². The summed E-state index contributed by atoms with van der Waals surface area (Å²) in [6.45, 7) is 2.79. The second-order valence-electron chi connectivity index (χ2n) is 8.41. The SMILES string of the molecule is CCN(C(=O)/C=C/c1cccc([N+](=O)[O-])c1)C12CC3CC(CC(C3)C1)C2. The van der Waals surface area contributed by atoms with Gasteiger partial charge in [-0.3, -0.25) is 14.9 Å². The highest BCUT2D eigenvalue weighted by Crippen LogP contribution is 2.57. The summed E-state index contributed by atoms with van der Waals surface area (Å²) >= 11 is 0. The van der Waals surface area contributed by atoms with Crippen LogP contribution in [0.5, 0.6) is 0 Å². The van der Waals surface area contributed by atoms with Gasteiger partial charge in [-0.1, -0.05) is 12.1 Å². The number of rotatable bonds is 5. The molecule has 0 saturated heterocycles. The number of amides is 1. The summed E-state index contributed by atoms with van der Waals surface area (Å²) in [7, 11) is 0. The number of likely N-dealkylation sites (N-methyl/N-ethyl adjacent to an activating group) is 1. The van der Waals surface area contributed by atoms with Crippen LogP contribution < -0.4 is 0 Å². The van der Waals surface area contributed by atoms with Crippen LogP contribution in [-0.2, 0) is 4.79 Å². The number of carbonyl (C=O) groups is 1. The van der Waals surface area contributed by atoms with Crippen LogP contribution in [0.1, 0.15) is 51.0 Å². The summed E-state index contributed by atoms with van der Waals surface area (Å²) in [5.74, 6) is 2.43. The molecule has 1 aromatic carbocycles. The average Bonchev–Trinajstić information content (AvgIpc) is 2.59. The summed E-state index contributed by atoms with van der Waals surface area (Å²) in [4.78, 5) is 25.6. The van der Waals surface area contributed by atoms with Gasteiger partial charge < -0.3 is 4.90 Å². The van der Waals surface area contributed by atoms with Crippen LogP contribution in [-0.4, -0.2) is 27.8 Å². The Morgan fingerprint density at radius 3 is 2.38 bits per heavy atom. The van der Waals surface area contributed by atoms with Crippen molar-refractivity contribution in [2.24, 2.45) is 17.8 Å². The number of hydrogen-bond donors (Lipinski definition) is 0. The third-order valence-electron chi connectivity index (χ3n) is 6.66. The Kier molecular flexibility index (Phi) is 4.33. The van der Waals surface area contributed by atoms with Crippen molar-refractivity contribution in [3.8, 4) is 0 Å². The third-order valence-corrected chi connectivity index (χ3v) is 6.66. The minimum absolute atomic E-state index is 0.0426. The lowest BCUT2D eigenvalue weighted by Crippen LogP contribution is -2.61. The zero-order valence-electron chi connectivity index (χ0n) is 15.3. The monoisotopic (exact) mass is 354 g/mol. The molecule has 5 heteroatoms. The first-order valence-corrected chi connectivity index (χ1v) is 9.73. The summed E-state index contributed by atoms with van der Waals surface area (Å²) in [6, 6.07) is 6.41. The van der Waals surface area contributed by atoms with Crippen molar-refractivity contribution in [3.05, 3.63) is 46.0 Å². The van der Waals surface area contributed by atoms with E-state index in [1.54, 1.807) is 24.3 Å². The van der Waals surface area contributed by atoms with Crippen molar-refractivity contribution in [2.75, 3.05) is 6.54 Å². The van der Waals surface area contributed by atoms with Gasteiger partial charge in [0.1, 0.15) is 0 Å². The van der Waals surface area contributed by atoms with E-state index in [9.17, 15) is 14.9 Å². The van der Waals surface area contributed by atoms with Gasteiger partial charge in [0.2, 0.25) is 5.91 Å². The van der Waals surface area contributed by atoms with Crippen molar-refractivity contribution >= 4 is 17.7 Å². The van der Waals surface area contributed by atoms with E-state index >= 15 is 0 Å². The van der Waals surface area contributed by atoms with E-state index in [-0.39, 0.29) is 17.1 Å². The number of carbonyl (C=O) groups excluding carboxylic acids is 1. The highest BCUT2D eigenvalue weighted by Gasteiger charge is 2.54. The molecule has 1 aromatic rings.